The molecule has 5 aromatic carbocycles. The van der Waals surface area contributed by atoms with Gasteiger partial charge in [-0.05, 0) is 96.8 Å². The van der Waals surface area contributed by atoms with Gasteiger partial charge in [-0.15, -0.1) is 5.06 Å². The number of hydrogen-bond donors (Lipinski definition) is 4. The molecule has 0 spiro atoms. The number of rotatable bonds is 20. The molecule has 1 saturated heterocycles. The van der Waals surface area contributed by atoms with E-state index in [1.165, 1.54) is 21.1 Å². The molecule has 81 heavy (non-hydrogen) atoms. The van der Waals surface area contributed by atoms with Crippen LogP contribution >= 0.6 is 0 Å². The monoisotopic (exact) mass is 1100 g/mol. The lowest BCUT2D eigenvalue weighted by molar-refractivity contribution is -0.197. The first-order chi connectivity index (χ1) is 39.1. The fraction of sp³-hybridized carbons (Fsp3) is 0.350. The second kappa shape index (κ2) is 23.6. The van der Waals surface area contributed by atoms with Crippen LogP contribution in [0.4, 0.5) is 28.4 Å². The highest BCUT2D eigenvalue weighted by molar-refractivity contribution is 6.15. The SMILES string of the molecule is COc1cc2c(cc1OCc1cc(COc3cc4c(cc3OC)C(=O)N3c5ccccc5C[C@H]3CN4)cc(NC(=O)[C@H](C)NC(=O)[C@@H](NC(=O)CCCCC(=O)ON3C(=O)CCC3=O)C(C)C)c1)N=C[C@@H]1Cc3ccccc3N1C2=O. The Bertz CT molecular complexity index is 3380. The highest BCUT2D eigenvalue weighted by atomic mass is 16.7. The summed E-state index contributed by atoms with van der Waals surface area (Å²) in [6, 6.07) is 25.2. The molecule has 4 N–H and O–H groups in total. The zero-order valence-corrected chi connectivity index (χ0v) is 45.5. The number of amides is 7. The summed E-state index contributed by atoms with van der Waals surface area (Å²) in [5.74, 6) is -3.00. The smallest absolute Gasteiger partial charge is 0.333 e. The maximum Gasteiger partial charge on any atom is 0.333 e. The van der Waals surface area contributed by atoms with Gasteiger partial charge in [0.1, 0.15) is 25.3 Å². The molecule has 10 rings (SSSR count). The number of nitrogens with one attached hydrogen (secondary N) is 4. The number of nitrogens with zero attached hydrogens (tertiary/aromatic N) is 4. The maximum absolute atomic E-state index is 14.2. The minimum Gasteiger partial charge on any atom is -0.493 e. The summed E-state index contributed by atoms with van der Waals surface area (Å²) in [5.41, 5.74) is 7.20. The van der Waals surface area contributed by atoms with Gasteiger partial charge in [0.25, 0.3) is 23.6 Å². The summed E-state index contributed by atoms with van der Waals surface area (Å²) in [6.07, 6.45) is 3.40. The Morgan fingerprint density at radius 3 is 1.95 bits per heavy atom. The van der Waals surface area contributed by atoms with Crippen LogP contribution in [-0.2, 0) is 59.7 Å². The van der Waals surface area contributed by atoms with E-state index in [2.05, 4.69) is 21.3 Å². The van der Waals surface area contributed by atoms with Crippen molar-refractivity contribution in [1.82, 2.24) is 15.7 Å². The third-order valence-electron chi connectivity index (χ3n) is 14.8. The Labute approximate surface area is 467 Å². The van der Waals surface area contributed by atoms with Crippen molar-refractivity contribution < 1.29 is 62.1 Å². The molecule has 7 amide bonds. The predicted molar refractivity (Wildman–Crippen MR) is 298 cm³/mol. The fourth-order valence-corrected chi connectivity index (χ4v) is 10.7. The van der Waals surface area contributed by atoms with E-state index in [-0.39, 0.29) is 81.6 Å². The lowest BCUT2D eigenvalue weighted by Crippen LogP contribution is -2.53. The van der Waals surface area contributed by atoms with Crippen molar-refractivity contribution in [3.8, 4) is 23.0 Å². The van der Waals surface area contributed by atoms with Crippen LogP contribution in [0, 0.1) is 5.92 Å². The van der Waals surface area contributed by atoms with Gasteiger partial charge in [-0.2, -0.15) is 0 Å². The van der Waals surface area contributed by atoms with Crippen LogP contribution in [0.25, 0.3) is 0 Å². The summed E-state index contributed by atoms with van der Waals surface area (Å²) in [5, 5.41) is 12.3. The first-order valence-corrected chi connectivity index (χ1v) is 27.0. The molecule has 1 fully saturated rings. The Balaban J connectivity index is 0.839. The third kappa shape index (κ3) is 11.7. The van der Waals surface area contributed by atoms with Crippen molar-refractivity contribution >= 4 is 82.0 Å². The number of carbonyl (C=O) groups excluding carboxylic acids is 8. The lowest BCUT2D eigenvalue weighted by atomic mass is 10.0. The number of aliphatic imine (C=N–C) groups is 1. The number of benzene rings is 5. The Morgan fingerprint density at radius 1 is 0.679 bits per heavy atom. The van der Waals surface area contributed by atoms with Crippen molar-refractivity contribution in [3.05, 3.63) is 124 Å². The molecular formula is C60H62N8O13. The molecular weight excluding hydrogens is 1040 g/mol. The van der Waals surface area contributed by atoms with E-state index >= 15 is 0 Å². The first-order valence-electron chi connectivity index (χ1n) is 27.0. The Morgan fingerprint density at radius 2 is 1.28 bits per heavy atom. The highest BCUT2D eigenvalue weighted by Crippen LogP contribution is 2.43. The van der Waals surface area contributed by atoms with Crippen LogP contribution in [-0.4, -0.2) is 104 Å². The van der Waals surface area contributed by atoms with E-state index < -0.39 is 47.6 Å². The average molecular weight is 1100 g/mol. The van der Waals surface area contributed by atoms with Gasteiger partial charge in [0.2, 0.25) is 17.7 Å². The topological polar surface area (TPSA) is 253 Å². The number of carbonyl (C=O) groups is 8. The van der Waals surface area contributed by atoms with Crippen molar-refractivity contribution in [1.29, 1.82) is 0 Å². The first kappa shape index (κ1) is 55.1. The molecule has 420 valence electrons. The van der Waals surface area contributed by atoms with E-state index in [0.29, 0.717) is 86.8 Å². The van der Waals surface area contributed by atoms with Crippen molar-refractivity contribution in [2.45, 2.75) is 110 Å². The minimum atomic E-state index is -1.09. The van der Waals surface area contributed by atoms with Crippen LogP contribution in [0.2, 0.25) is 0 Å². The second-order valence-electron chi connectivity index (χ2n) is 20.8. The van der Waals surface area contributed by atoms with Crippen LogP contribution in [0.1, 0.15) is 102 Å². The third-order valence-corrected chi connectivity index (χ3v) is 14.8. The molecule has 0 unspecified atom stereocenters. The van der Waals surface area contributed by atoms with Crippen LogP contribution < -0.4 is 50.0 Å². The van der Waals surface area contributed by atoms with Crippen LogP contribution in [0.3, 0.4) is 0 Å². The number of methoxy groups -OCH3 is 2. The zero-order valence-electron chi connectivity index (χ0n) is 45.5. The van der Waals surface area contributed by atoms with Gasteiger partial charge in [0.15, 0.2) is 23.0 Å². The number of para-hydroxylation sites is 2. The van der Waals surface area contributed by atoms with Gasteiger partial charge in [-0.3, -0.25) is 43.5 Å². The zero-order chi connectivity index (χ0) is 57.1. The van der Waals surface area contributed by atoms with E-state index in [9.17, 15) is 38.4 Å². The summed E-state index contributed by atoms with van der Waals surface area (Å²) in [7, 11) is 2.98. The molecule has 5 aliphatic heterocycles. The molecule has 0 bridgehead atoms. The quantitative estimate of drug-likeness (QED) is 0.0457. The van der Waals surface area contributed by atoms with Crippen molar-refractivity contribution in [2.24, 2.45) is 10.9 Å². The minimum absolute atomic E-state index is 0.0235. The van der Waals surface area contributed by atoms with E-state index in [0.717, 1.165) is 22.5 Å². The Hall–Kier alpha value is -9.27. The molecule has 5 aromatic rings. The average Bonchev–Trinajstić information content (AvgIpc) is 4.08. The molecule has 0 aliphatic carbocycles. The predicted octanol–water partition coefficient (Wildman–Crippen LogP) is 6.90. The van der Waals surface area contributed by atoms with Crippen LogP contribution in [0.15, 0.2) is 96.0 Å². The number of hydroxylamine groups is 2. The maximum atomic E-state index is 14.2. The number of fused-ring (bicyclic) bond motifs is 8. The molecule has 5 heterocycles. The highest BCUT2D eigenvalue weighted by Gasteiger charge is 2.39. The molecule has 21 nitrogen and oxygen atoms in total. The number of anilines is 4. The molecule has 21 heteroatoms. The Kier molecular flexibility index (Phi) is 16.0. The van der Waals surface area contributed by atoms with Gasteiger partial charge in [-0.1, -0.05) is 50.2 Å². The van der Waals surface area contributed by atoms with Crippen LogP contribution in [0.5, 0.6) is 23.0 Å². The standard InChI is InChI=1S/C60H62N8O13/c1-33(2)56(65-52(69)16-10-11-17-55(72)81-68-53(70)18-19-54(68)71)58(74)63-34(3)57(73)64-39-21-35(31-79-50-27-44-42(25-48(50)77-4)59(75)66-40(29-61-44)23-37-12-6-8-14-46(37)66)20-36(22-39)32-80-51-28-45-43(26-49(51)78-5)60(76)67-41(30-62-45)24-38-13-7-9-15-47(38)67/h6-9,12-15,20-22,25-29,33-34,40-41,56,62H,10-11,16-19,23-24,30-32H2,1-5H3,(H,63,74)(H,64,73)(H,65,69)/t34-,40-,41-,56-/m0/s1. The largest absolute Gasteiger partial charge is 0.493 e. The van der Waals surface area contributed by atoms with Gasteiger partial charge in [0, 0.05) is 74.1 Å². The molecule has 0 aromatic heterocycles. The lowest BCUT2D eigenvalue weighted by Gasteiger charge is -2.24. The second-order valence-corrected chi connectivity index (χ2v) is 20.8. The van der Waals surface area contributed by atoms with Gasteiger partial charge in [0.05, 0.1) is 48.8 Å². The van der Waals surface area contributed by atoms with Gasteiger partial charge >= 0.3 is 5.97 Å². The summed E-state index contributed by atoms with van der Waals surface area (Å²) in [4.78, 5) is 118. The molecule has 0 radical (unpaired) electrons. The number of unbranched alkanes of at least 4 members (excludes halogenated alkanes) is 1. The van der Waals surface area contributed by atoms with Crippen molar-refractivity contribution in [2.75, 3.05) is 41.2 Å². The molecule has 5 aliphatic rings. The number of hydrogen-bond acceptors (Lipinski definition) is 15. The van der Waals surface area contributed by atoms with Crippen molar-refractivity contribution in [3.63, 3.8) is 0 Å². The molecule has 4 atom stereocenters. The van der Waals surface area contributed by atoms with Gasteiger partial charge < -0.3 is 50.0 Å². The van der Waals surface area contributed by atoms with E-state index in [1.54, 1.807) is 61.4 Å². The fourth-order valence-electron chi connectivity index (χ4n) is 10.7. The summed E-state index contributed by atoms with van der Waals surface area (Å²) < 4.78 is 24.5. The number of ether oxygens (including phenoxy) is 4. The number of imide groups is 1. The summed E-state index contributed by atoms with van der Waals surface area (Å²) in [6.45, 7) is 5.44. The van der Waals surface area contributed by atoms with E-state index in [1.807, 2.05) is 59.5 Å². The van der Waals surface area contributed by atoms with Gasteiger partial charge in [-0.25, -0.2) is 4.79 Å². The summed E-state index contributed by atoms with van der Waals surface area (Å²) >= 11 is 0. The molecule has 0 saturated carbocycles. The van der Waals surface area contributed by atoms with E-state index in [4.69, 9.17) is 28.8 Å². The normalized spacial score (nSPS) is 17.3.